The summed E-state index contributed by atoms with van der Waals surface area (Å²) in [5.41, 5.74) is -0.0498. The van der Waals surface area contributed by atoms with Crippen molar-refractivity contribution in [1.82, 2.24) is 0 Å². The summed E-state index contributed by atoms with van der Waals surface area (Å²) in [6.45, 7) is 7.81. The summed E-state index contributed by atoms with van der Waals surface area (Å²) in [4.78, 5) is 11.4. The fourth-order valence-corrected chi connectivity index (χ4v) is 2.00. The summed E-state index contributed by atoms with van der Waals surface area (Å²) >= 11 is 0. The smallest absolute Gasteiger partial charge is 0.138 e. The average molecular weight is 166 g/mol. The molecule has 1 aliphatic carbocycles. The normalized spacial score (nSPS) is 27.5. The highest BCUT2D eigenvalue weighted by molar-refractivity contribution is 5.86. The van der Waals surface area contributed by atoms with E-state index in [-0.39, 0.29) is 5.41 Å². The topological polar surface area (TPSA) is 17.1 Å². The second-order valence-electron chi connectivity index (χ2n) is 4.45. The van der Waals surface area contributed by atoms with E-state index in [1.807, 2.05) is 6.08 Å². The highest BCUT2D eigenvalue weighted by Gasteiger charge is 2.38. The molecule has 0 aliphatic heterocycles. The minimum absolute atomic E-state index is 0.0498. The van der Waals surface area contributed by atoms with Crippen molar-refractivity contribution < 1.29 is 4.79 Å². The van der Waals surface area contributed by atoms with Gasteiger partial charge in [0.2, 0.25) is 0 Å². The monoisotopic (exact) mass is 166 g/mol. The first kappa shape index (κ1) is 9.50. The van der Waals surface area contributed by atoms with E-state index in [9.17, 15) is 4.79 Å². The lowest BCUT2D eigenvalue weighted by molar-refractivity contribution is -0.124. The van der Waals surface area contributed by atoms with Crippen LogP contribution in [0.1, 0.15) is 39.5 Å². The molecule has 12 heavy (non-hydrogen) atoms. The van der Waals surface area contributed by atoms with Crippen LogP contribution < -0.4 is 0 Å². The third-order valence-corrected chi connectivity index (χ3v) is 2.81. The standard InChI is InChI=1S/C11H18O/c1-4-5-6-9-7-10(12)11(2,3)8-9/h4,9H,1,5-8H2,2-3H3. The van der Waals surface area contributed by atoms with Gasteiger partial charge in [-0.2, -0.15) is 0 Å². The van der Waals surface area contributed by atoms with Gasteiger partial charge in [-0.1, -0.05) is 19.9 Å². The van der Waals surface area contributed by atoms with Crippen molar-refractivity contribution >= 4 is 5.78 Å². The number of rotatable bonds is 3. The van der Waals surface area contributed by atoms with Crippen LogP contribution in [0, 0.1) is 11.3 Å². The maximum atomic E-state index is 11.4. The number of carbonyl (C=O) groups excluding carboxylic acids is 1. The largest absolute Gasteiger partial charge is 0.299 e. The van der Waals surface area contributed by atoms with Gasteiger partial charge in [-0.3, -0.25) is 4.79 Å². The maximum Gasteiger partial charge on any atom is 0.138 e. The Morgan fingerprint density at radius 2 is 2.33 bits per heavy atom. The molecule has 1 aliphatic rings. The molecule has 0 amide bonds. The summed E-state index contributed by atoms with van der Waals surface area (Å²) in [6.07, 6.45) is 5.99. The van der Waals surface area contributed by atoms with Gasteiger partial charge in [-0.15, -0.1) is 6.58 Å². The van der Waals surface area contributed by atoms with Crippen LogP contribution in [0.15, 0.2) is 12.7 Å². The van der Waals surface area contributed by atoms with Crippen LogP contribution in [-0.4, -0.2) is 5.78 Å². The van der Waals surface area contributed by atoms with Crippen LogP contribution >= 0.6 is 0 Å². The van der Waals surface area contributed by atoms with Crippen molar-refractivity contribution in [1.29, 1.82) is 0 Å². The molecule has 0 spiro atoms. The van der Waals surface area contributed by atoms with Crippen molar-refractivity contribution in [3.63, 3.8) is 0 Å². The van der Waals surface area contributed by atoms with Crippen LogP contribution in [0.25, 0.3) is 0 Å². The first-order valence-corrected chi connectivity index (χ1v) is 4.70. The molecule has 1 rings (SSSR count). The number of allylic oxidation sites excluding steroid dienone is 1. The van der Waals surface area contributed by atoms with Crippen molar-refractivity contribution in [3.05, 3.63) is 12.7 Å². The van der Waals surface area contributed by atoms with E-state index in [2.05, 4.69) is 20.4 Å². The van der Waals surface area contributed by atoms with E-state index >= 15 is 0 Å². The number of carbonyl (C=O) groups is 1. The van der Waals surface area contributed by atoms with Gasteiger partial charge in [0, 0.05) is 11.8 Å². The van der Waals surface area contributed by atoms with Crippen molar-refractivity contribution in [3.8, 4) is 0 Å². The summed E-state index contributed by atoms with van der Waals surface area (Å²) < 4.78 is 0. The van der Waals surface area contributed by atoms with Crippen LogP contribution in [0.3, 0.4) is 0 Å². The lowest BCUT2D eigenvalue weighted by Crippen LogP contribution is -2.15. The van der Waals surface area contributed by atoms with Crippen LogP contribution in [0.5, 0.6) is 0 Å². The van der Waals surface area contributed by atoms with Crippen molar-refractivity contribution in [2.45, 2.75) is 39.5 Å². The Hall–Kier alpha value is -0.590. The van der Waals surface area contributed by atoms with Gasteiger partial charge >= 0.3 is 0 Å². The van der Waals surface area contributed by atoms with Gasteiger partial charge in [0.15, 0.2) is 0 Å². The van der Waals surface area contributed by atoms with E-state index < -0.39 is 0 Å². The Morgan fingerprint density at radius 1 is 1.67 bits per heavy atom. The third kappa shape index (κ3) is 1.96. The fraction of sp³-hybridized carbons (Fsp3) is 0.727. The summed E-state index contributed by atoms with van der Waals surface area (Å²) in [5.74, 6) is 1.06. The summed E-state index contributed by atoms with van der Waals surface area (Å²) in [5, 5.41) is 0. The molecule has 0 aromatic heterocycles. The molecule has 68 valence electrons. The molecule has 1 atom stereocenters. The first-order valence-electron chi connectivity index (χ1n) is 4.70. The molecular weight excluding hydrogens is 148 g/mol. The number of Topliss-reactive ketones (excluding diaryl/α,β-unsaturated/α-hetero) is 1. The lowest BCUT2D eigenvalue weighted by atomic mass is 9.89. The highest BCUT2D eigenvalue weighted by atomic mass is 16.1. The minimum atomic E-state index is -0.0498. The second kappa shape index (κ2) is 3.42. The molecular formula is C11H18O. The lowest BCUT2D eigenvalue weighted by Gasteiger charge is -2.14. The molecule has 1 unspecified atom stereocenters. The minimum Gasteiger partial charge on any atom is -0.299 e. The van der Waals surface area contributed by atoms with Crippen molar-refractivity contribution in [2.24, 2.45) is 11.3 Å². The van der Waals surface area contributed by atoms with Gasteiger partial charge in [0.05, 0.1) is 0 Å². The molecule has 1 nitrogen and oxygen atoms in total. The predicted molar refractivity (Wildman–Crippen MR) is 50.9 cm³/mol. The molecule has 0 N–H and O–H groups in total. The molecule has 0 bridgehead atoms. The Kier molecular flexibility index (Phi) is 2.71. The van der Waals surface area contributed by atoms with Gasteiger partial charge in [-0.25, -0.2) is 0 Å². The quantitative estimate of drug-likeness (QED) is 0.589. The Balaban J connectivity index is 2.44. The van der Waals surface area contributed by atoms with E-state index in [0.717, 1.165) is 25.7 Å². The molecule has 1 heteroatoms. The number of hydrogen-bond acceptors (Lipinski definition) is 1. The third-order valence-electron chi connectivity index (χ3n) is 2.81. The molecule has 0 saturated heterocycles. The van der Waals surface area contributed by atoms with Crippen LogP contribution in [0.4, 0.5) is 0 Å². The Bertz CT molecular complexity index is 191. The van der Waals surface area contributed by atoms with Crippen molar-refractivity contribution in [2.75, 3.05) is 0 Å². The van der Waals surface area contributed by atoms with E-state index in [0.29, 0.717) is 11.7 Å². The zero-order valence-electron chi connectivity index (χ0n) is 8.10. The zero-order valence-corrected chi connectivity index (χ0v) is 8.10. The number of ketones is 1. The molecule has 0 aromatic carbocycles. The molecule has 0 aromatic rings. The molecule has 0 radical (unpaired) electrons. The maximum absolute atomic E-state index is 11.4. The van der Waals surface area contributed by atoms with Crippen LogP contribution in [-0.2, 0) is 4.79 Å². The van der Waals surface area contributed by atoms with Crippen LogP contribution in [0.2, 0.25) is 0 Å². The molecule has 1 fully saturated rings. The number of hydrogen-bond donors (Lipinski definition) is 0. The van der Waals surface area contributed by atoms with Gasteiger partial charge in [0.25, 0.3) is 0 Å². The van der Waals surface area contributed by atoms with Gasteiger partial charge in [-0.05, 0) is 25.2 Å². The van der Waals surface area contributed by atoms with E-state index in [1.165, 1.54) is 0 Å². The zero-order chi connectivity index (χ0) is 9.19. The summed E-state index contributed by atoms with van der Waals surface area (Å²) in [7, 11) is 0. The van der Waals surface area contributed by atoms with Gasteiger partial charge < -0.3 is 0 Å². The molecule has 0 heterocycles. The average Bonchev–Trinajstić information content (AvgIpc) is 2.22. The predicted octanol–water partition coefficient (Wildman–Crippen LogP) is 2.96. The summed E-state index contributed by atoms with van der Waals surface area (Å²) in [6, 6.07) is 0. The Labute approximate surface area is 74.9 Å². The van der Waals surface area contributed by atoms with Gasteiger partial charge in [0.1, 0.15) is 5.78 Å². The first-order chi connectivity index (χ1) is 5.56. The molecule has 1 saturated carbocycles. The Morgan fingerprint density at radius 3 is 2.75 bits per heavy atom. The second-order valence-corrected chi connectivity index (χ2v) is 4.45. The SMILES string of the molecule is C=CCCC1CC(=O)C(C)(C)C1. The van der Waals surface area contributed by atoms with E-state index in [4.69, 9.17) is 0 Å². The fourth-order valence-electron chi connectivity index (χ4n) is 2.00. The van der Waals surface area contributed by atoms with E-state index in [1.54, 1.807) is 0 Å². The highest BCUT2D eigenvalue weighted by Crippen LogP contribution is 2.39.